The van der Waals surface area contributed by atoms with Gasteiger partial charge in [0, 0.05) is 0 Å². The van der Waals surface area contributed by atoms with Crippen LogP contribution in [-0.4, -0.2) is 65.9 Å². The quantitative estimate of drug-likeness (QED) is 0.232. The van der Waals surface area contributed by atoms with E-state index in [0.717, 1.165) is 5.56 Å². The molecule has 1 saturated heterocycles. The highest BCUT2D eigenvalue weighted by molar-refractivity contribution is 5.76. The molecule has 0 bridgehead atoms. The maximum atomic E-state index is 13.0. The number of hydrogen-bond donors (Lipinski definition) is 0. The lowest BCUT2D eigenvalue weighted by molar-refractivity contribution is -0.165. The Bertz CT molecular complexity index is 1140. The minimum absolute atomic E-state index is 0.154. The lowest BCUT2D eigenvalue weighted by atomic mass is 9.83. The lowest BCUT2D eigenvalue weighted by Crippen LogP contribution is -2.33. The van der Waals surface area contributed by atoms with E-state index < -0.39 is 11.2 Å². The van der Waals surface area contributed by atoms with Gasteiger partial charge in [0.25, 0.3) is 0 Å². The van der Waals surface area contributed by atoms with E-state index in [1.165, 1.54) is 0 Å². The number of carbonyl (C=O) groups is 1. The number of benzene rings is 1. The van der Waals surface area contributed by atoms with E-state index in [0.29, 0.717) is 31.9 Å². The summed E-state index contributed by atoms with van der Waals surface area (Å²) in [7, 11) is 0. The number of carbonyl (C=O) groups excluding carboxylic acids is 1. The average molecular weight is 536 g/mol. The summed E-state index contributed by atoms with van der Waals surface area (Å²) in [5.41, 5.74) is 0.910. The van der Waals surface area contributed by atoms with E-state index in [2.05, 4.69) is 32.8 Å². The molecule has 2 aromatic rings. The van der Waals surface area contributed by atoms with Gasteiger partial charge in [0.15, 0.2) is 5.79 Å². The fourth-order valence-corrected chi connectivity index (χ4v) is 3.73. The first-order valence-corrected chi connectivity index (χ1v) is 12.5. The highest BCUT2D eigenvalue weighted by Crippen LogP contribution is 2.34. The molecule has 2 atom stereocenters. The molecular formula is C30H37N3O6. The van der Waals surface area contributed by atoms with E-state index >= 15 is 0 Å². The van der Waals surface area contributed by atoms with Crippen molar-refractivity contribution in [3.05, 3.63) is 47.8 Å². The van der Waals surface area contributed by atoms with Crippen molar-refractivity contribution in [2.45, 2.75) is 58.7 Å². The zero-order valence-corrected chi connectivity index (χ0v) is 23.1. The van der Waals surface area contributed by atoms with Crippen molar-refractivity contribution in [3.63, 3.8) is 0 Å². The molecule has 0 aliphatic carbocycles. The first-order valence-electron chi connectivity index (χ1n) is 12.5. The van der Waals surface area contributed by atoms with Gasteiger partial charge in [-0.25, -0.2) is 4.68 Å². The van der Waals surface area contributed by atoms with Crippen LogP contribution in [0.25, 0.3) is 0 Å². The summed E-state index contributed by atoms with van der Waals surface area (Å²) in [6.45, 7) is 9.08. The SMILES string of the molecule is C#CCOCC#C.C#CCOCc1cn(C(CC(C)(C)C(=O)OCC2COC(C)(C)O2)c2ccccc2)nn1. The Morgan fingerprint density at radius 3 is 2.36 bits per heavy atom. The van der Waals surface area contributed by atoms with Gasteiger partial charge in [-0.2, -0.15) is 0 Å². The Balaban J connectivity index is 0.000000673. The molecule has 9 nitrogen and oxygen atoms in total. The molecule has 2 unspecified atom stereocenters. The van der Waals surface area contributed by atoms with Crippen LogP contribution >= 0.6 is 0 Å². The third kappa shape index (κ3) is 10.9. The predicted molar refractivity (Wildman–Crippen MR) is 146 cm³/mol. The summed E-state index contributed by atoms with van der Waals surface area (Å²) in [6.07, 6.45) is 16.9. The van der Waals surface area contributed by atoms with E-state index in [9.17, 15) is 4.79 Å². The molecular weight excluding hydrogens is 498 g/mol. The second kappa shape index (κ2) is 15.7. The zero-order chi connectivity index (χ0) is 28.7. The fourth-order valence-electron chi connectivity index (χ4n) is 3.73. The topological polar surface area (TPSA) is 93.9 Å². The molecule has 1 aromatic heterocycles. The first kappa shape index (κ1) is 31.6. The van der Waals surface area contributed by atoms with Crippen LogP contribution < -0.4 is 0 Å². The van der Waals surface area contributed by atoms with Gasteiger partial charge in [-0.1, -0.05) is 53.3 Å². The number of hydrogen-bond acceptors (Lipinski definition) is 8. The van der Waals surface area contributed by atoms with E-state index in [1.54, 1.807) is 4.68 Å². The van der Waals surface area contributed by atoms with Crippen molar-refractivity contribution in [3.8, 4) is 37.0 Å². The van der Waals surface area contributed by atoms with Crippen molar-refractivity contribution in [1.29, 1.82) is 0 Å². The second-order valence-electron chi connectivity index (χ2n) is 9.85. The summed E-state index contributed by atoms with van der Waals surface area (Å²) in [5.74, 6) is 6.04. The molecule has 0 spiro atoms. The lowest BCUT2D eigenvalue weighted by Gasteiger charge is -2.28. The molecule has 1 fully saturated rings. The normalized spacial score (nSPS) is 16.6. The number of esters is 1. The van der Waals surface area contributed by atoms with Crippen molar-refractivity contribution in [1.82, 2.24) is 15.0 Å². The third-order valence-electron chi connectivity index (χ3n) is 5.59. The highest BCUT2D eigenvalue weighted by Gasteiger charge is 2.37. The minimum atomic E-state index is -0.776. The Morgan fingerprint density at radius 1 is 1.13 bits per heavy atom. The van der Waals surface area contributed by atoms with Gasteiger partial charge in [0.1, 0.15) is 38.2 Å². The van der Waals surface area contributed by atoms with Crippen LogP contribution in [0.15, 0.2) is 36.5 Å². The van der Waals surface area contributed by atoms with Crippen LogP contribution in [0, 0.1) is 42.4 Å². The van der Waals surface area contributed by atoms with Crippen LogP contribution in [0.4, 0.5) is 0 Å². The van der Waals surface area contributed by atoms with Crippen molar-refractivity contribution in [2.24, 2.45) is 5.41 Å². The monoisotopic (exact) mass is 535 g/mol. The zero-order valence-electron chi connectivity index (χ0n) is 23.1. The number of aromatic nitrogens is 3. The van der Waals surface area contributed by atoms with Gasteiger partial charge in [0.05, 0.1) is 30.9 Å². The molecule has 2 heterocycles. The number of terminal acetylenes is 3. The minimum Gasteiger partial charge on any atom is -0.462 e. The molecule has 1 aliphatic heterocycles. The molecule has 0 N–H and O–H groups in total. The largest absolute Gasteiger partial charge is 0.462 e. The smallest absolute Gasteiger partial charge is 0.311 e. The number of ether oxygens (including phenoxy) is 5. The summed E-state index contributed by atoms with van der Waals surface area (Å²) in [5, 5.41) is 8.47. The van der Waals surface area contributed by atoms with Gasteiger partial charge in [0.2, 0.25) is 0 Å². The standard InChI is InChI=1S/C24H31N3O5.C6H6O/c1-6-12-29-15-19-14-27(26-25-19)21(18-10-8-7-9-11-18)13-23(2,3)22(28)30-16-20-17-31-24(4,5)32-20;1-3-5-7-6-4-2/h1,7-11,14,20-21H,12-13,15-17H2,2-5H3;1-2H,5-6H2. The van der Waals surface area contributed by atoms with E-state index in [-0.39, 0.29) is 37.9 Å². The molecule has 1 aromatic carbocycles. The van der Waals surface area contributed by atoms with Gasteiger partial charge < -0.3 is 23.7 Å². The summed E-state index contributed by atoms with van der Waals surface area (Å²) in [4.78, 5) is 13.0. The molecule has 0 saturated carbocycles. The Morgan fingerprint density at radius 2 is 1.77 bits per heavy atom. The molecule has 208 valence electrons. The van der Waals surface area contributed by atoms with Crippen LogP contribution in [0.3, 0.4) is 0 Å². The van der Waals surface area contributed by atoms with Crippen molar-refractivity contribution >= 4 is 5.97 Å². The number of rotatable bonds is 12. The van der Waals surface area contributed by atoms with Crippen LogP contribution in [0.2, 0.25) is 0 Å². The van der Waals surface area contributed by atoms with Gasteiger partial charge in [-0.3, -0.25) is 4.79 Å². The van der Waals surface area contributed by atoms with E-state index in [4.69, 9.17) is 38.2 Å². The van der Waals surface area contributed by atoms with Crippen LogP contribution in [0.1, 0.15) is 51.4 Å². The molecule has 0 amide bonds. The maximum Gasteiger partial charge on any atom is 0.311 e. The van der Waals surface area contributed by atoms with Crippen molar-refractivity contribution < 1.29 is 28.5 Å². The van der Waals surface area contributed by atoms with Crippen LogP contribution in [-0.2, 0) is 35.1 Å². The molecule has 3 rings (SSSR count). The third-order valence-corrected chi connectivity index (χ3v) is 5.59. The predicted octanol–water partition coefficient (Wildman–Crippen LogP) is 3.40. The van der Waals surface area contributed by atoms with Crippen molar-refractivity contribution in [2.75, 3.05) is 33.0 Å². The summed E-state index contributed by atoms with van der Waals surface area (Å²) >= 11 is 0. The molecule has 9 heteroatoms. The first-order chi connectivity index (χ1) is 18.6. The maximum absolute atomic E-state index is 13.0. The highest BCUT2D eigenvalue weighted by atomic mass is 16.7. The molecule has 39 heavy (non-hydrogen) atoms. The van der Waals surface area contributed by atoms with Gasteiger partial charge >= 0.3 is 5.97 Å². The molecule has 1 aliphatic rings. The van der Waals surface area contributed by atoms with Gasteiger partial charge in [-0.05, 0) is 39.7 Å². The fraction of sp³-hybridized carbons (Fsp3) is 0.500. The Kier molecular flexibility index (Phi) is 12.7. The Hall–Kier alpha value is -3.65. The molecule has 0 radical (unpaired) electrons. The summed E-state index contributed by atoms with van der Waals surface area (Å²) in [6, 6.07) is 9.67. The Labute approximate surface area is 231 Å². The summed E-state index contributed by atoms with van der Waals surface area (Å²) < 4.78 is 28.6. The van der Waals surface area contributed by atoms with E-state index in [1.807, 2.05) is 64.2 Å². The van der Waals surface area contributed by atoms with Crippen LogP contribution in [0.5, 0.6) is 0 Å². The second-order valence-corrected chi connectivity index (χ2v) is 9.85. The van der Waals surface area contributed by atoms with Gasteiger partial charge in [-0.15, -0.1) is 24.4 Å². The number of nitrogens with zero attached hydrogens (tertiary/aromatic N) is 3. The average Bonchev–Trinajstić information content (AvgIpc) is 3.53.